The van der Waals surface area contributed by atoms with Crippen LogP contribution >= 0.6 is 0 Å². The fourth-order valence-electron chi connectivity index (χ4n) is 1.67. The number of hydrogen-bond acceptors (Lipinski definition) is 4. The molecule has 5 heteroatoms. The SMILES string of the molecule is CCCOc1ccc(C(C)N(O)C(=O)OC(C)(C)C)cc1. The molecule has 0 aliphatic rings. The fraction of sp³-hybridized carbons (Fsp3) is 0.562. The van der Waals surface area contributed by atoms with Crippen LogP contribution in [-0.4, -0.2) is 28.6 Å². The average molecular weight is 295 g/mol. The average Bonchev–Trinajstić information content (AvgIpc) is 2.42. The number of ether oxygens (including phenoxy) is 2. The lowest BCUT2D eigenvalue weighted by molar-refractivity contribution is -0.117. The highest BCUT2D eigenvalue weighted by molar-refractivity contribution is 5.67. The predicted octanol–water partition coefficient (Wildman–Crippen LogP) is 4.16. The minimum Gasteiger partial charge on any atom is -0.494 e. The number of carbonyl (C=O) groups excluding carboxylic acids is 1. The van der Waals surface area contributed by atoms with Gasteiger partial charge in [-0.05, 0) is 51.8 Å². The van der Waals surface area contributed by atoms with Crippen LogP contribution in [0.5, 0.6) is 5.75 Å². The zero-order valence-corrected chi connectivity index (χ0v) is 13.4. The molecule has 0 aliphatic carbocycles. The molecule has 0 saturated heterocycles. The first-order chi connectivity index (χ1) is 9.74. The molecule has 5 nitrogen and oxygen atoms in total. The molecule has 1 amide bonds. The van der Waals surface area contributed by atoms with Crippen LogP contribution in [0.3, 0.4) is 0 Å². The summed E-state index contributed by atoms with van der Waals surface area (Å²) in [6, 6.07) is 6.79. The van der Waals surface area contributed by atoms with Crippen molar-refractivity contribution in [3.63, 3.8) is 0 Å². The van der Waals surface area contributed by atoms with Crippen molar-refractivity contribution < 1.29 is 19.5 Å². The molecular formula is C16H25NO4. The molecule has 0 heterocycles. The Morgan fingerprint density at radius 2 is 1.86 bits per heavy atom. The number of nitrogens with zero attached hydrogens (tertiary/aromatic N) is 1. The topological polar surface area (TPSA) is 59.0 Å². The lowest BCUT2D eigenvalue weighted by Gasteiger charge is -2.27. The summed E-state index contributed by atoms with van der Waals surface area (Å²) in [7, 11) is 0. The van der Waals surface area contributed by atoms with Gasteiger partial charge >= 0.3 is 6.09 Å². The molecule has 0 saturated carbocycles. The molecule has 1 rings (SSSR count). The van der Waals surface area contributed by atoms with Crippen molar-refractivity contribution in [3.05, 3.63) is 29.8 Å². The number of rotatable bonds is 5. The Kier molecular flexibility index (Phi) is 6.03. The van der Waals surface area contributed by atoms with Gasteiger partial charge in [0.05, 0.1) is 12.6 Å². The van der Waals surface area contributed by atoms with Crippen LogP contribution in [0.25, 0.3) is 0 Å². The number of benzene rings is 1. The Labute approximate surface area is 126 Å². The maximum Gasteiger partial charge on any atom is 0.434 e. The third kappa shape index (κ3) is 5.63. The maximum absolute atomic E-state index is 11.8. The van der Waals surface area contributed by atoms with Crippen LogP contribution in [0.15, 0.2) is 24.3 Å². The molecule has 1 aromatic carbocycles. The van der Waals surface area contributed by atoms with Crippen LogP contribution in [0.1, 0.15) is 52.6 Å². The first kappa shape index (κ1) is 17.3. The summed E-state index contributed by atoms with van der Waals surface area (Å²) in [4.78, 5) is 11.8. The predicted molar refractivity (Wildman–Crippen MR) is 80.5 cm³/mol. The largest absolute Gasteiger partial charge is 0.494 e. The van der Waals surface area contributed by atoms with E-state index in [1.807, 2.05) is 31.2 Å². The minimum absolute atomic E-state index is 0.500. The van der Waals surface area contributed by atoms with Crippen molar-refractivity contribution in [2.24, 2.45) is 0 Å². The fourth-order valence-corrected chi connectivity index (χ4v) is 1.67. The zero-order valence-electron chi connectivity index (χ0n) is 13.4. The van der Waals surface area contributed by atoms with Gasteiger partial charge in [-0.15, -0.1) is 0 Å². The third-order valence-corrected chi connectivity index (χ3v) is 2.78. The molecule has 118 valence electrons. The molecule has 0 radical (unpaired) electrons. The number of hydroxylamine groups is 2. The summed E-state index contributed by atoms with van der Waals surface area (Å²) in [6.07, 6.45) is 0.183. The maximum atomic E-state index is 11.8. The van der Waals surface area contributed by atoms with Gasteiger partial charge in [-0.1, -0.05) is 19.1 Å². The van der Waals surface area contributed by atoms with E-state index < -0.39 is 17.7 Å². The van der Waals surface area contributed by atoms with Gasteiger partial charge in [0.25, 0.3) is 0 Å². The normalized spacial score (nSPS) is 12.7. The Bertz CT molecular complexity index is 450. The second-order valence-electron chi connectivity index (χ2n) is 5.92. The van der Waals surface area contributed by atoms with Gasteiger partial charge in [-0.25, -0.2) is 4.79 Å². The van der Waals surface area contributed by atoms with Gasteiger partial charge < -0.3 is 9.47 Å². The highest BCUT2D eigenvalue weighted by atomic mass is 16.6. The summed E-state index contributed by atoms with van der Waals surface area (Å²) in [5.41, 5.74) is 0.155. The van der Waals surface area contributed by atoms with E-state index in [2.05, 4.69) is 0 Å². The molecule has 1 aromatic rings. The molecule has 21 heavy (non-hydrogen) atoms. The second kappa shape index (κ2) is 7.31. The van der Waals surface area contributed by atoms with E-state index in [9.17, 15) is 10.0 Å². The van der Waals surface area contributed by atoms with Crippen molar-refractivity contribution in [1.29, 1.82) is 0 Å². The molecule has 0 aromatic heterocycles. The van der Waals surface area contributed by atoms with Gasteiger partial charge in [0.2, 0.25) is 0 Å². The summed E-state index contributed by atoms with van der Waals surface area (Å²) < 4.78 is 10.6. The molecule has 1 atom stereocenters. The summed E-state index contributed by atoms with van der Waals surface area (Å²) in [6.45, 7) is 9.70. The smallest absolute Gasteiger partial charge is 0.434 e. The van der Waals surface area contributed by atoms with Gasteiger partial charge in [-0.3, -0.25) is 5.21 Å². The van der Waals surface area contributed by atoms with E-state index in [0.717, 1.165) is 17.7 Å². The molecule has 0 spiro atoms. The summed E-state index contributed by atoms with van der Waals surface area (Å²) in [5, 5.41) is 10.5. The van der Waals surface area contributed by atoms with E-state index in [-0.39, 0.29) is 0 Å². The van der Waals surface area contributed by atoms with Gasteiger partial charge in [0.15, 0.2) is 0 Å². The molecule has 0 aliphatic heterocycles. The third-order valence-electron chi connectivity index (χ3n) is 2.78. The van der Waals surface area contributed by atoms with E-state index >= 15 is 0 Å². The van der Waals surface area contributed by atoms with E-state index in [1.165, 1.54) is 0 Å². The van der Waals surface area contributed by atoms with Crippen LogP contribution in [0, 0.1) is 0 Å². The van der Waals surface area contributed by atoms with Crippen LogP contribution < -0.4 is 4.74 Å². The highest BCUT2D eigenvalue weighted by Gasteiger charge is 2.25. The molecule has 0 bridgehead atoms. The van der Waals surface area contributed by atoms with Crippen molar-refractivity contribution >= 4 is 6.09 Å². The summed E-state index contributed by atoms with van der Waals surface area (Å²) >= 11 is 0. The van der Waals surface area contributed by atoms with Gasteiger partial charge in [0, 0.05) is 0 Å². The van der Waals surface area contributed by atoms with Crippen molar-refractivity contribution in [2.45, 2.75) is 52.7 Å². The molecular weight excluding hydrogens is 270 g/mol. The van der Waals surface area contributed by atoms with Gasteiger partial charge in [-0.2, -0.15) is 5.06 Å². The number of carbonyl (C=O) groups is 1. The Morgan fingerprint density at radius 3 is 2.33 bits per heavy atom. The zero-order chi connectivity index (χ0) is 16.0. The number of amides is 1. The second-order valence-corrected chi connectivity index (χ2v) is 5.92. The minimum atomic E-state index is -0.763. The molecule has 0 fully saturated rings. The van der Waals surface area contributed by atoms with Crippen molar-refractivity contribution in [2.75, 3.05) is 6.61 Å². The molecule has 1 N–H and O–H groups in total. The first-order valence-corrected chi connectivity index (χ1v) is 7.18. The lowest BCUT2D eigenvalue weighted by atomic mass is 10.1. The first-order valence-electron chi connectivity index (χ1n) is 7.18. The van der Waals surface area contributed by atoms with E-state index in [1.54, 1.807) is 27.7 Å². The molecule has 1 unspecified atom stereocenters. The van der Waals surface area contributed by atoms with Crippen LogP contribution in [-0.2, 0) is 4.74 Å². The summed E-state index contributed by atoms with van der Waals surface area (Å²) in [5.74, 6) is 0.773. The van der Waals surface area contributed by atoms with Gasteiger partial charge in [0.1, 0.15) is 11.4 Å². The Balaban J connectivity index is 2.69. The van der Waals surface area contributed by atoms with Crippen LogP contribution in [0.4, 0.5) is 4.79 Å². The lowest BCUT2D eigenvalue weighted by Crippen LogP contribution is -2.36. The quantitative estimate of drug-likeness (QED) is 0.654. The Hall–Kier alpha value is -1.75. The standard InChI is InChI=1S/C16H25NO4/c1-6-11-20-14-9-7-13(8-10-14)12(2)17(19)15(18)21-16(3,4)5/h7-10,12,19H,6,11H2,1-5H3. The Morgan fingerprint density at radius 1 is 1.29 bits per heavy atom. The van der Waals surface area contributed by atoms with E-state index in [4.69, 9.17) is 9.47 Å². The number of hydrogen-bond donors (Lipinski definition) is 1. The monoisotopic (exact) mass is 295 g/mol. The van der Waals surface area contributed by atoms with Crippen molar-refractivity contribution in [3.8, 4) is 5.75 Å². The van der Waals surface area contributed by atoms with Crippen molar-refractivity contribution in [1.82, 2.24) is 5.06 Å². The van der Waals surface area contributed by atoms with Crippen LogP contribution in [0.2, 0.25) is 0 Å². The highest BCUT2D eigenvalue weighted by Crippen LogP contribution is 2.23. The van der Waals surface area contributed by atoms with E-state index in [0.29, 0.717) is 11.7 Å².